The molecule has 1 aromatic rings. The van der Waals surface area contributed by atoms with Crippen LogP contribution in [0.2, 0.25) is 0 Å². The molecule has 0 unspecified atom stereocenters. The molecule has 2 rings (SSSR count). The number of carbonyl (C=O) groups is 1. The maximum Gasteiger partial charge on any atom is 0.223 e. The maximum atomic E-state index is 12.1. The molecule has 0 spiro atoms. The van der Waals surface area contributed by atoms with Gasteiger partial charge in [-0.15, -0.1) is 11.3 Å². The predicted molar refractivity (Wildman–Crippen MR) is 104 cm³/mol. The molecule has 7 heteroatoms. The Balaban J connectivity index is 1.74. The Morgan fingerprint density at radius 1 is 1.16 bits per heavy atom. The SMILES string of the molecule is CCNC(=NCc1sc(C)nc1C)NCCNC(=O)C1CCCCC1. The third-order valence-electron chi connectivity index (χ3n) is 4.42. The number of rotatable bonds is 7. The molecule has 0 aromatic carbocycles. The van der Waals surface area contributed by atoms with Gasteiger partial charge in [0.25, 0.3) is 0 Å². The molecule has 1 heterocycles. The number of aromatic nitrogens is 1. The minimum Gasteiger partial charge on any atom is -0.357 e. The summed E-state index contributed by atoms with van der Waals surface area (Å²) in [6.07, 6.45) is 5.72. The number of carbonyl (C=O) groups excluding carboxylic acids is 1. The lowest BCUT2D eigenvalue weighted by molar-refractivity contribution is -0.125. The van der Waals surface area contributed by atoms with Gasteiger partial charge in [0.1, 0.15) is 0 Å². The first-order chi connectivity index (χ1) is 12.1. The molecule has 1 amide bonds. The highest BCUT2D eigenvalue weighted by Crippen LogP contribution is 2.23. The number of aryl methyl sites for hydroxylation is 2. The van der Waals surface area contributed by atoms with Crippen LogP contribution in [0.5, 0.6) is 0 Å². The maximum absolute atomic E-state index is 12.1. The summed E-state index contributed by atoms with van der Waals surface area (Å²) in [7, 11) is 0. The summed E-state index contributed by atoms with van der Waals surface area (Å²) in [4.78, 5) is 22.4. The zero-order valence-corrected chi connectivity index (χ0v) is 16.5. The van der Waals surface area contributed by atoms with E-state index < -0.39 is 0 Å². The Bertz CT molecular complexity index is 578. The second kappa shape index (κ2) is 10.4. The Morgan fingerprint density at radius 3 is 2.52 bits per heavy atom. The van der Waals surface area contributed by atoms with Crippen molar-refractivity contribution in [1.82, 2.24) is 20.9 Å². The number of guanidine groups is 1. The summed E-state index contributed by atoms with van der Waals surface area (Å²) in [5, 5.41) is 10.6. The number of amides is 1. The Labute approximate surface area is 154 Å². The summed E-state index contributed by atoms with van der Waals surface area (Å²) in [6, 6.07) is 0. The van der Waals surface area contributed by atoms with Crippen molar-refractivity contribution in [2.24, 2.45) is 10.9 Å². The smallest absolute Gasteiger partial charge is 0.223 e. The standard InChI is InChI=1S/C18H31N5OS/c1-4-19-18(22-12-16-13(2)23-14(3)25-16)21-11-10-20-17(24)15-8-6-5-7-9-15/h15H,4-12H2,1-3H3,(H,20,24)(H2,19,21,22). The molecule has 0 saturated heterocycles. The number of hydrogen-bond acceptors (Lipinski definition) is 4. The molecule has 3 N–H and O–H groups in total. The molecule has 1 aliphatic rings. The summed E-state index contributed by atoms with van der Waals surface area (Å²) in [6.45, 7) is 8.81. The molecule has 6 nitrogen and oxygen atoms in total. The van der Waals surface area contributed by atoms with Crippen molar-refractivity contribution in [3.63, 3.8) is 0 Å². The zero-order valence-electron chi connectivity index (χ0n) is 15.7. The first-order valence-corrected chi connectivity index (χ1v) is 10.1. The van der Waals surface area contributed by atoms with E-state index in [0.29, 0.717) is 19.6 Å². The minimum atomic E-state index is 0.208. The van der Waals surface area contributed by atoms with Crippen molar-refractivity contribution in [2.75, 3.05) is 19.6 Å². The molecule has 1 aliphatic carbocycles. The molecular formula is C18H31N5OS. The van der Waals surface area contributed by atoms with Gasteiger partial charge < -0.3 is 16.0 Å². The first kappa shape index (κ1) is 19.7. The lowest BCUT2D eigenvalue weighted by atomic mass is 9.89. The Hall–Kier alpha value is -1.63. The quantitative estimate of drug-likeness (QED) is 0.394. The van der Waals surface area contributed by atoms with E-state index in [1.807, 2.05) is 20.8 Å². The fourth-order valence-corrected chi connectivity index (χ4v) is 3.95. The molecule has 140 valence electrons. The van der Waals surface area contributed by atoms with Crippen LogP contribution >= 0.6 is 11.3 Å². The van der Waals surface area contributed by atoms with Crippen LogP contribution in [0.25, 0.3) is 0 Å². The second-order valence-corrected chi connectivity index (χ2v) is 7.78. The molecule has 0 atom stereocenters. The van der Waals surface area contributed by atoms with Gasteiger partial charge >= 0.3 is 0 Å². The number of hydrogen-bond donors (Lipinski definition) is 3. The van der Waals surface area contributed by atoms with Crippen molar-refractivity contribution in [3.05, 3.63) is 15.6 Å². The fourth-order valence-electron chi connectivity index (χ4n) is 3.09. The predicted octanol–water partition coefficient (Wildman–Crippen LogP) is 2.51. The van der Waals surface area contributed by atoms with Gasteiger partial charge in [0.2, 0.25) is 5.91 Å². The lowest BCUT2D eigenvalue weighted by Crippen LogP contribution is -2.42. The number of thiazole rings is 1. The van der Waals surface area contributed by atoms with Crippen LogP contribution in [0.3, 0.4) is 0 Å². The van der Waals surface area contributed by atoms with Crippen LogP contribution in [0, 0.1) is 19.8 Å². The average Bonchev–Trinajstić information content (AvgIpc) is 2.94. The minimum absolute atomic E-state index is 0.208. The van der Waals surface area contributed by atoms with Crippen LogP contribution in [0.1, 0.15) is 54.6 Å². The molecule has 0 aliphatic heterocycles. The van der Waals surface area contributed by atoms with Gasteiger partial charge in [-0.25, -0.2) is 9.98 Å². The third kappa shape index (κ3) is 6.65. The highest BCUT2D eigenvalue weighted by Gasteiger charge is 2.20. The lowest BCUT2D eigenvalue weighted by Gasteiger charge is -2.21. The van der Waals surface area contributed by atoms with Gasteiger partial charge in [-0.3, -0.25) is 4.79 Å². The topological polar surface area (TPSA) is 78.4 Å². The van der Waals surface area contributed by atoms with E-state index in [1.165, 1.54) is 24.1 Å². The van der Waals surface area contributed by atoms with Crippen molar-refractivity contribution >= 4 is 23.2 Å². The Morgan fingerprint density at radius 2 is 1.88 bits per heavy atom. The number of aliphatic imine (C=N–C) groups is 1. The molecular weight excluding hydrogens is 334 g/mol. The van der Waals surface area contributed by atoms with Gasteiger partial charge in [-0.05, 0) is 33.6 Å². The van der Waals surface area contributed by atoms with E-state index in [-0.39, 0.29) is 11.8 Å². The monoisotopic (exact) mass is 365 g/mol. The first-order valence-electron chi connectivity index (χ1n) is 9.33. The molecule has 1 saturated carbocycles. The van der Waals surface area contributed by atoms with Crippen LogP contribution in [-0.2, 0) is 11.3 Å². The van der Waals surface area contributed by atoms with Crippen molar-refractivity contribution < 1.29 is 4.79 Å². The zero-order chi connectivity index (χ0) is 18.1. The highest BCUT2D eigenvalue weighted by molar-refractivity contribution is 7.11. The second-order valence-electron chi connectivity index (χ2n) is 6.49. The molecule has 25 heavy (non-hydrogen) atoms. The third-order valence-corrected chi connectivity index (χ3v) is 5.47. The van der Waals surface area contributed by atoms with Gasteiger partial charge in [-0.1, -0.05) is 19.3 Å². The van der Waals surface area contributed by atoms with Crippen LogP contribution < -0.4 is 16.0 Å². The van der Waals surface area contributed by atoms with E-state index in [9.17, 15) is 4.79 Å². The number of nitrogens with one attached hydrogen (secondary N) is 3. The molecule has 1 fully saturated rings. The summed E-state index contributed by atoms with van der Waals surface area (Å²) >= 11 is 1.69. The highest BCUT2D eigenvalue weighted by atomic mass is 32.1. The van der Waals surface area contributed by atoms with Crippen LogP contribution in [0.4, 0.5) is 0 Å². The summed E-state index contributed by atoms with van der Waals surface area (Å²) in [5.74, 6) is 1.20. The summed E-state index contributed by atoms with van der Waals surface area (Å²) < 4.78 is 0. The van der Waals surface area contributed by atoms with Gasteiger partial charge in [0, 0.05) is 30.4 Å². The van der Waals surface area contributed by atoms with Gasteiger partial charge in [-0.2, -0.15) is 0 Å². The van der Waals surface area contributed by atoms with Crippen LogP contribution in [0.15, 0.2) is 4.99 Å². The largest absolute Gasteiger partial charge is 0.357 e. The fraction of sp³-hybridized carbons (Fsp3) is 0.722. The molecule has 0 radical (unpaired) electrons. The van der Waals surface area contributed by atoms with Crippen molar-refractivity contribution in [3.8, 4) is 0 Å². The van der Waals surface area contributed by atoms with E-state index in [0.717, 1.165) is 36.0 Å². The van der Waals surface area contributed by atoms with Crippen molar-refractivity contribution in [2.45, 2.75) is 59.4 Å². The molecule has 0 bridgehead atoms. The summed E-state index contributed by atoms with van der Waals surface area (Å²) in [5.41, 5.74) is 1.06. The van der Waals surface area contributed by atoms with E-state index in [4.69, 9.17) is 0 Å². The normalized spacial score (nSPS) is 15.9. The average molecular weight is 366 g/mol. The van der Waals surface area contributed by atoms with E-state index in [2.05, 4.69) is 25.9 Å². The van der Waals surface area contributed by atoms with E-state index >= 15 is 0 Å². The van der Waals surface area contributed by atoms with Gasteiger partial charge in [0.05, 0.1) is 17.2 Å². The van der Waals surface area contributed by atoms with Crippen LogP contribution in [-0.4, -0.2) is 36.5 Å². The van der Waals surface area contributed by atoms with E-state index in [1.54, 1.807) is 11.3 Å². The van der Waals surface area contributed by atoms with Crippen molar-refractivity contribution in [1.29, 1.82) is 0 Å². The Kier molecular flexibility index (Phi) is 8.18. The molecule has 1 aromatic heterocycles. The number of nitrogens with zero attached hydrogens (tertiary/aromatic N) is 2. The van der Waals surface area contributed by atoms with Gasteiger partial charge in [0.15, 0.2) is 5.96 Å².